The van der Waals surface area contributed by atoms with Gasteiger partial charge in [0.1, 0.15) is 0 Å². The predicted molar refractivity (Wildman–Crippen MR) is 78.2 cm³/mol. The lowest BCUT2D eigenvalue weighted by molar-refractivity contribution is -0.123. The van der Waals surface area contributed by atoms with E-state index in [0.29, 0.717) is 10.0 Å². The van der Waals surface area contributed by atoms with Crippen LogP contribution >= 0.6 is 23.2 Å². The minimum Gasteiger partial charge on any atom is -0.423 e. The third-order valence-electron chi connectivity index (χ3n) is 2.80. The van der Waals surface area contributed by atoms with Gasteiger partial charge in [-0.3, -0.25) is 4.79 Å². The Hall–Kier alpha value is -1.78. The van der Waals surface area contributed by atoms with Gasteiger partial charge >= 0.3 is 6.09 Å². The van der Waals surface area contributed by atoms with E-state index in [2.05, 4.69) is 6.58 Å². The van der Waals surface area contributed by atoms with E-state index in [1.54, 1.807) is 13.0 Å². The van der Waals surface area contributed by atoms with Crippen LogP contribution in [0.25, 0.3) is 0 Å². The minimum absolute atomic E-state index is 0.255. The quantitative estimate of drug-likeness (QED) is 0.793. The second kappa shape index (κ2) is 5.31. The van der Waals surface area contributed by atoms with Gasteiger partial charge in [0.2, 0.25) is 5.60 Å². The standard InChI is InChI=1S/C14H11Cl2NO3/c1-3-5-14(4-2)12(18)17(13(19)20-14)11-7-9(15)6-10(16)8-11/h3-8H,2H2,1H3/b5-3+. The molecule has 0 aliphatic carbocycles. The second-order valence-corrected chi connectivity index (χ2v) is 5.01. The molecule has 0 bridgehead atoms. The van der Waals surface area contributed by atoms with Crippen LogP contribution in [-0.2, 0) is 9.53 Å². The van der Waals surface area contributed by atoms with Crippen molar-refractivity contribution in [3.63, 3.8) is 0 Å². The van der Waals surface area contributed by atoms with E-state index in [0.717, 1.165) is 4.90 Å². The molecular weight excluding hydrogens is 301 g/mol. The Kier molecular flexibility index (Phi) is 3.88. The number of rotatable bonds is 3. The molecule has 1 saturated heterocycles. The van der Waals surface area contributed by atoms with Gasteiger partial charge in [-0.1, -0.05) is 35.9 Å². The van der Waals surface area contributed by atoms with E-state index in [1.807, 2.05) is 0 Å². The third kappa shape index (κ3) is 2.32. The number of halogens is 2. The molecular formula is C14H11Cl2NO3. The van der Waals surface area contributed by atoms with Gasteiger partial charge in [0, 0.05) is 10.0 Å². The monoisotopic (exact) mass is 311 g/mol. The first kappa shape index (κ1) is 14.6. The Morgan fingerprint density at radius 1 is 1.25 bits per heavy atom. The molecule has 1 aliphatic rings. The second-order valence-electron chi connectivity index (χ2n) is 4.13. The highest BCUT2D eigenvalue weighted by Crippen LogP contribution is 2.34. The lowest BCUT2D eigenvalue weighted by atomic mass is 10.0. The SMILES string of the molecule is C=CC1(/C=C/C)OC(=O)N(c2cc(Cl)cc(Cl)c2)C1=O. The summed E-state index contributed by atoms with van der Waals surface area (Å²) in [6.45, 7) is 5.27. The van der Waals surface area contributed by atoms with E-state index in [9.17, 15) is 9.59 Å². The summed E-state index contributed by atoms with van der Waals surface area (Å²) in [5.74, 6) is -0.561. The molecule has 6 heteroatoms. The van der Waals surface area contributed by atoms with Crippen molar-refractivity contribution in [2.45, 2.75) is 12.5 Å². The molecule has 0 radical (unpaired) electrons. The van der Waals surface area contributed by atoms with Crippen LogP contribution in [0.1, 0.15) is 6.92 Å². The van der Waals surface area contributed by atoms with E-state index in [-0.39, 0.29) is 5.69 Å². The minimum atomic E-state index is -1.49. The highest BCUT2D eigenvalue weighted by molar-refractivity contribution is 6.35. The Bertz CT molecular complexity index is 607. The number of amides is 2. The van der Waals surface area contributed by atoms with E-state index >= 15 is 0 Å². The molecule has 2 amide bonds. The van der Waals surface area contributed by atoms with Crippen molar-refractivity contribution < 1.29 is 14.3 Å². The van der Waals surface area contributed by atoms with Gasteiger partial charge in [-0.2, -0.15) is 0 Å². The van der Waals surface area contributed by atoms with Crippen molar-refractivity contribution in [3.05, 3.63) is 53.1 Å². The van der Waals surface area contributed by atoms with E-state index in [1.165, 1.54) is 30.4 Å². The Morgan fingerprint density at radius 3 is 2.35 bits per heavy atom. The molecule has 0 N–H and O–H groups in total. The molecule has 1 atom stereocenters. The van der Waals surface area contributed by atoms with Crippen LogP contribution in [0.4, 0.5) is 10.5 Å². The maximum Gasteiger partial charge on any atom is 0.423 e. The average Bonchev–Trinajstić information content (AvgIpc) is 2.60. The first-order valence-electron chi connectivity index (χ1n) is 5.74. The highest BCUT2D eigenvalue weighted by Gasteiger charge is 2.51. The first-order valence-corrected chi connectivity index (χ1v) is 6.50. The number of nitrogens with zero attached hydrogens (tertiary/aromatic N) is 1. The molecule has 1 unspecified atom stereocenters. The van der Waals surface area contributed by atoms with Crippen molar-refractivity contribution in [1.29, 1.82) is 0 Å². The van der Waals surface area contributed by atoms with Crippen LogP contribution in [0, 0.1) is 0 Å². The zero-order chi connectivity index (χ0) is 14.9. The average molecular weight is 312 g/mol. The zero-order valence-electron chi connectivity index (χ0n) is 10.6. The number of allylic oxidation sites excluding steroid dienone is 1. The molecule has 4 nitrogen and oxygen atoms in total. The zero-order valence-corrected chi connectivity index (χ0v) is 12.1. The van der Waals surface area contributed by atoms with Crippen molar-refractivity contribution in [2.24, 2.45) is 0 Å². The number of hydrogen-bond donors (Lipinski definition) is 0. The van der Waals surface area contributed by atoms with E-state index in [4.69, 9.17) is 27.9 Å². The van der Waals surface area contributed by atoms with Crippen LogP contribution in [0.2, 0.25) is 10.0 Å². The van der Waals surface area contributed by atoms with Crippen molar-refractivity contribution in [1.82, 2.24) is 0 Å². The molecule has 0 spiro atoms. The molecule has 20 heavy (non-hydrogen) atoms. The van der Waals surface area contributed by atoms with Crippen molar-refractivity contribution >= 4 is 40.9 Å². The number of carbonyl (C=O) groups excluding carboxylic acids is 2. The van der Waals surface area contributed by atoms with E-state index < -0.39 is 17.6 Å². The first-order chi connectivity index (χ1) is 9.43. The summed E-state index contributed by atoms with van der Waals surface area (Å²) in [4.78, 5) is 25.3. The Morgan fingerprint density at radius 2 is 1.85 bits per heavy atom. The number of benzene rings is 1. The van der Waals surface area contributed by atoms with Gasteiger partial charge in [-0.25, -0.2) is 9.69 Å². The summed E-state index contributed by atoms with van der Waals surface area (Å²) in [5.41, 5.74) is -1.23. The fourth-order valence-electron chi connectivity index (χ4n) is 1.93. The molecule has 0 saturated carbocycles. The van der Waals surface area contributed by atoms with Crippen LogP contribution < -0.4 is 4.90 Å². The molecule has 2 rings (SSSR count). The molecule has 1 aromatic carbocycles. The summed E-state index contributed by atoms with van der Waals surface area (Å²) in [6, 6.07) is 4.42. The Labute approximate surface area is 126 Å². The smallest absolute Gasteiger partial charge is 0.423 e. The van der Waals surface area contributed by atoms with Gasteiger partial charge in [-0.15, -0.1) is 0 Å². The number of hydrogen-bond acceptors (Lipinski definition) is 3. The van der Waals surface area contributed by atoms with Crippen molar-refractivity contribution in [2.75, 3.05) is 4.90 Å². The van der Waals surface area contributed by atoms with Crippen LogP contribution in [-0.4, -0.2) is 17.6 Å². The summed E-state index contributed by atoms with van der Waals surface area (Å²) < 4.78 is 5.14. The largest absolute Gasteiger partial charge is 0.423 e. The fourth-order valence-corrected chi connectivity index (χ4v) is 2.45. The van der Waals surface area contributed by atoms with Crippen LogP contribution in [0.15, 0.2) is 43.0 Å². The van der Waals surface area contributed by atoms with Crippen molar-refractivity contribution in [3.8, 4) is 0 Å². The number of carbonyl (C=O) groups is 2. The third-order valence-corrected chi connectivity index (χ3v) is 3.24. The fraction of sp³-hybridized carbons (Fsp3) is 0.143. The molecule has 1 heterocycles. The molecule has 1 fully saturated rings. The maximum absolute atomic E-state index is 12.5. The summed E-state index contributed by atoms with van der Waals surface area (Å²) >= 11 is 11.8. The van der Waals surface area contributed by atoms with Gasteiger partial charge in [-0.05, 0) is 37.3 Å². The van der Waals surface area contributed by atoms with Gasteiger partial charge in [0.25, 0.3) is 5.91 Å². The number of imide groups is 1. The highest BCUT2D eigenvalue weighted by atomic mass is 35.5. The van der Waals surface area contributed by atoms with Crippen LogP contribution in [0.3, 0.4) is 0 Å². The number of anilines is 1. The topological polar surface area (TPSA) is 46.6 Å². The van der Waals surface area contributed by atoms with Gasteiger partial charge in [0.15, 0.2) is 0 Å². The summed E-state index contributed by atoms with van der Waals surface area (Å²) in [5, 5.41) is 0.630. The van der Waals surface area contributed by atoms with Gasteiger partial charge in [0.05, 0.1) is 5.69 Å². The lowest BCUT2D eigenvalue weighted by Gasteiger charge is -2.16. The molecule has 1 aromatic rings. The molecule has 0 aromatic heterocycles. The summed E-state index contributed by atoms with van der Waals surface area (Å²) in [6.07, 6.45) is 3.55. The molecule has 1 aliphatic heterocycles. The maximum atomic E-state index is 12.5. The molecule has 104 valence electrons. The number of cyclic esters (lactones) is 1. The van der Waals surface area contributed by atoms with Crippen LogP contribution in [0.5, 0.6) is 0 Å². The summed E-state index contributed by atoms with van der Waals surface area (Å²) in [7, 11) is 0. The normalized spacial score (nSPS) is 22.4. The number of ether oxygens (including phenoxy) is 1. The van der Waals surface area contributed by atoms with Gasteiger partial charge < -0.3 is 4.74 Å². The lowest BCUT2D eigenvalue weighted by Crippen LogP contribution is -2.38. The Balaban J connectivity index is 2.51. The predicted octanol–water partition coefficient (Wildman–Crippen LogP) is 3.98.